The molecule has 0 saturated heterocycles. The number of ether oxygens (including phenoxy) is 1. The van der Waals surface area contributed by atoms with Crippen molar-refractivity contribution in [3.05, 3.63) is 27.2 Å². The number of hydrogen-bond donors (Lipinski definition) is 2. The summed E-state index contributed by atoms with van der Waals surface area (Å²) in [6, 6.07) is 2.98. The highest BCUT2D eigenvalue weighted by atomic mass is 35.5. The van der Waals surface area contributed by atoms with E-state index in [0.29, 0.717) is 5.02 Å². The first-order chi connectivity index (χ1) is 8.04. The van der Waals surface area contributed by atoms with Crippen LogP contribution in [0.1, 0.15) is 6.42 Å². The molecular weight excluding hydrogens is 290 g/mol. The maximum atomic E-state index is 10.9. The van der Waals surface area contributed by atoms with Gasteiger partial charge in [0, 0.05) is 5.02 Å². The van der Waals surface area contributed by atoms with Crippen LogP contribution in [0.4, 0.5) is 0 Å². The van der Waals surface area contributed by atoms with E-state index in [2.05, 4.69) is 4.84 Å². The SMILES string of the molecule is NNOC(=O)CCOc1c(Cl)cc(Cl)cc1Cl. The normalized spacial score (nSPS) is 10.1. The topological polar surface area (TPSA) is 73.6 Å². The van der Waals surface area contributed by atoms with Crippen LogP contribution in [-0.4, -0.2) is 12.6 Å². The Morgan fingerprint density at radius 1 is 1.29 bits per heavy atom. The summed E-state index contributed by atoms with van der Waals surface area (Å²) in [5, 5.41) is 0.944. The van der Waals surface area contributed by atoms with Crippen molar-refractivity contribution in [2.24, 2.45) is 5.84 Å². The van der Waals surface area contributed by atoms with Gasteiger partial charge in [-0.1, -0.05) is 40.4 Å². The van der Waals surface area contributed by atoms with Gasteiger partial charge in [-0.25, -0.2) is 5.84 Å². The minimum absolute atomic E-state index is 0.000512. The lowest BCUT2D eigenvalue weighted by molar-refractivity contribution is -0.151. The second-order valence-electron chi connectivity index (χ2n) is 2.89. The molecule has 0 aromatic heterocycles. The van der Waals surface area contributed by atoms with Crippen LogP contribution >= 0.6 is 34.8 Å². The summed E-state index contributed by atoms with van der Waals surface area (Å²) in [6.07, 6.45) is -0.000512. The average molecular weight is 300 g/mol. The van der Waals surface area contributed by atoms with Gasteiger partial charge in [0.05, 0.1) is 23.1 Å². The zero-order valence-electron chi connectivity index (χ0n) is 8.50. The van der Waals surface area contributed by atoms with Crippen molar-refractivity contribution in [3.63, 3.8) is 0 Å². The molecule has 5 nitrogen and oxygen atoms in total. The van der Waals surface area contributed by atoms with E-state index >= 15 is 0 Å². The van der Waals surface area contributed by atoms with Crippen molar-refractivity contribution in [3.8, 4) is 5.75 Å². The Hall–Kier alpha value is -0.720. The molecule has 3 N–H and O–H groups in total. The molecule has 0 aliphatic heterocycles. The van der Waals surface area contributed by atoms with Crippen molar-refractivity contribution in [2.45, 2.75) is 6.42 Å². The van der Waals surface area contributed by atoms with Crippen molar-refractivity contribution in [1.29, 1.82) is 0 Å². The molecule has 0 heterocycles. The average Bonchev–Trinajstić information content (AvgIpc) is 2.22. The largest absolute Gasteiger partial charge is 0.490 e. The van der Waals surface area contributed by atoms with E-state index in [1.807, 2.05) is 0 Å². The number of hydrogen-bond acceptors (Lipinski definition) is 5. The predicted octanol–water partition coefficient (Wildman–Crippen LogP) is 2.34. The highest BCUT2D eigenvalue weighted by Crippen LogP contribution is 2.35. The minimum Gasteiger partial charge on any atom is -0.490 e. The van der Waals surface area contributed by atoms with E-state index in [9.17, 15) is 4.79 Å². The van der Waals surface area contributed by atoms with Crippen LogP contribution in [0.5, 0.6) is 5.75 Å². The molecule has 17 heavy (non-hydrogen) atoms. The molecule has 0 aliphatic carbocycles. The first-order valence-corrected chi connectivity index (χ1v) is 5.60. The van der Waals surface area contributed by atoms with E-state index in [1.165, 1.54) is 12.1 Å². The highest BCUT2D eigenvalue weighted by molar-refractivity contribution is 6.40. The smallest absolute Gasteiger partial charge is 0.329 e. The lowest BCUT2D eigenvalue weighted by Gasteiger charge is -2.09. The molecule has 0 fully saturated rings. The second kappa shape index (κ2) is 6.88. The van der Waals surface area contributed by atoms with Crippen molar-refractivity contribution >= 4 is 40.8 Å². The summed E-state index contributed by atoms with van der Waals surface area (Å²) in [4.78, 5) is 15.2. The maximum Gasteiger partial charge on any atom is 0.329 e. The molecule has 1 rings (SSSR count). The Kier molecular flexibility index (Phi) is 5.80. The van der Waals surface area contributed by atoms with Crippen LogP contribution < -0.4 is 16.2 Å². The van der Waals surface area contributed by atoms with E-state index in [-0.39, 0.29) is 28.8 Å². The maximum absolute atomic E-state index is 10.9. The Balaban J connectivity index is 2.55. The molecule has 94 valence electrons. The summed E-state index contributed by atoms with van der Waals surface area (Å²) in [5.74, 6) is 4.49. The van der Waals surface area contributed by atoms with E-state index in [4.69, 9.17) is 45.4 Å². The molecule has 0 unspecified atom stereocenters. The number of rotatable bonds is 5. The fourth-order valence-corrected chi connectivity index (χ4v) is 1.95. The molecular formula is C9H9Cl3N2O3. The van der Waals surface area contributed by atoms with Gasteiger partial charge in [0.1, 0.15) is 0 Å². The minimum atomic E-state index is -0.561. The van der Waals surface area contributed by atoms with Gasteiger partial charge < -0.3 is 9.57 Å². The van der Waals surface area contributed by atoms with E-state index in [1.54, 1.807) is 5.59 Å². The zero-order valence-corrected chi connectivity index (χ0v) is 10.8. The van der Waals surface area contributed by atoms with Crippen LogP contribution in [0.2, 0.25) is 15.1 Å². The summed E-state index contributed by atoms with van der Waals surface area (Å²) < 4.78 is 5.25. The Morgan fingerprint density at radius 2 is 1.88 bits per heavy atom. The number of carbonyl (C=O) groups excluding carboxylic acids is 1. The van der Waals surface area contributed by atoms with Gasteiger partial charge in [-0.15, -0.1) is 0 Å². The summed E-state index contributed by atoms with van der Waals surface area (Å²) in [6.45, 7) is 0.0571. The van der Waals surface area contributed by atoms with Crippen LogP contribution in [0.3, 0.4) is 0 Å². The quantitative estimate of drug-likeness (QED) is 0.645. The second-order valence-corrected chi connectivity index (χ2v) is 4.14. The first-order valence-electron chi connectivity index (χ1n) is 4.47. The zero-order chi connectivity index (χ0) is 12.8. The molecule has 0 radical (unpaired) electrons. The number of nitrogens with one attached hydrogen (secondary N) is 1. The van der Waals surface area contributed by atoms with E-state index in [0.717, 1.165) is 0 Å². The van der Waals surface area contributed by atoms with Gasteiger partial charge >= 0.3 is 5.97 Å². The molecule has 8 heteroatoms. The molecule has 0 aliphatic rings. The molecule has 1 aromatic carbocycles. The molecule has 0 saturated carbocycles. The number of nitrogens with two attached hydrogens (primary N) is 1. The van der Waals surface area contributed by atoms with Crippen LogP contribution in [0.15, 0.2) is 12.1 Å². The van der Waals surface area contributed by atoms with E-state index < -0.39 is 5.97 Å². The van der Waals surface area contributed by atoms with Gasteiger partial charge in [0.2, 0.25) is 0 Å². The number of carbonyl (C=O) groups is 1. The fourth-order valence-electron chi connectivity index (χ4n) is 1.02. The molecule has 1 aromatic rings. The third kappa shape index (κ3) is 4.57. The lowest BCUT2D eigenvalue weighted by atomic mass is 10.3. The summed E-state index contributed by atoms with van der Waals surface area (Å²) in [7, 11) is 0. The Labute approximate surface area is 113 Å². The predicted molar refractivity (Wildman–Crippen MR) is 65.0 cm³/mol. The third-order valence-electron chi connectivity index (χ3n) is 1.69. The molecule has 0 bridgehead atoms. The van der Waals surface area contributed by atoms with Crippen molar-refractivity contribution < 1.29 is 14.4 Å². The lowest BCUT2D eigenvalue weighted by Crippen LogP contribution is -2.26. The number of benzene rings is 1. The molecule has 0 atom stereocenters. The van der Waals surface area contributed by atoms with Crippen molar-refractivity contribution in [2.75, 3.05) is 6.61 Å². The monoisotopic (exact) mass is 298 g/mol. The number of hydrazine groups is 1. The van der Waals surface area contributed by atoms with Gasteiger partial charge in [-0.05, 0) is 12.1 Å². The summed E-state index contributed by atoms with van der Waals surface area (Å²) in [5.41, 5.74) is 1.77. The standard InChI is InChI=1S/C9H9Cl3N2O3/c10-5-3-6(11)9(7(12)4-5)16-2-1-8(15)17-14-13/h3-4,14H,1-2,13H2. The van der Waals surface area contributed by atoms with Crippen LogP contribution in [-0.2, 0) is 9.63 Å². The summed E-state index contributed by atoms with van der Waals surface area (Å²) >= 11 is 17.5. The van der Waals surface area contributed by atoms with Gasteiger partial charge in [-0.2, -0.15) is 0 Å². The van der Waals surface area contributed by atoms with Crippen LogP contribution in [0.25, 0.3) is 0 Å². The van der Waals surface area contributed by atoms with Gasteiger partial charge in [0.15, 0.2) is 5.75 Å². The van der Waals surface area contributed by atoms with Gasteiger partial charge in [0.25, 0.3) is 0 Å². The van der Waals surface area contributed by atoms with Gasteiger partial charge in [-0.3, -0.25) is 4.79 Å². The first kappa shape index (κ1) is 14.3. The van der Waals surface area contributed by atoms with Crippen molar-refractivity contribution in [1.82, 2.24) is 5.59 Å². The molecule has 0 amide bonds. The fraction of sp³-hybridized carbons (Fsp3) is 0.222. The third-order valence-corrected chi connectivity index (χ3v) is 2.47. The Morgan fingerprint density at radius 3 is 2.41 bits per heavy atom. The molecule has 0 spiro atoms. The highest BCUT2D eigenvalue weighted by Gasteiger charge is 2.10. The number of halogens is 3. The Bertz CT molecular complexity index is 391. The van der Waals surface area contributed by atoms with Crippen LogP contribution in [0, 0.1) is 0 Å².